The number of sulfonamides is 1. The lowest BCUT2D eigenvalue weighted by molar-refractivity contribution is -0.0517. The summed E-state index contributed by atoms with van der Waals surface area (Å²) in [5.41, 5.74) is 0. The van der Waals surface area contributed by atoms with Gasteiger partial charge in [-0.15, -0.1) is 0 Å². The van der Waals surface area contributed by atoms with Gasteiger partial charge in [-0.3, -0.25) is 4.90 Å². The number of halogens is 2. The van der Waals surface area contributed by atoms with Gasteiger partial charge in [-0.05, 0) is 18.6 Å². The van der Waals surface area contributed by atoms with Crippen LogP contribution in [0.15, 0.2) is 29.2 Å². The Kier molecular flexibility index (Phi) is 5.33. The van der Waals surface area contributed by atoms with Crippen molar-refractivity contribution in [3.8, 4) is 5.75 Å². The molecule has 1 aromatic carbocycles. The molecular formula is C15H21F2N3O3S. The maximum Gasteiger partial charge on any atom is 0.387 e. The number of nitrogens with zero attached hydrogens (tertiary/aromatic N) is 2. The normalized spacial score (nSPS) is 23.7. The Hall–Kier alpha value is -1.29. The average molecular weight is 361 g/mol. The minimum absolute atomic E-state index is 0.171. The van der Waals surface area contributed by atoms with Crippen molar-refractivity contribution >= 4 is 10.0 Å². The molecule has 2 fully saturated rings. The van der Waals surface area contributed by atoms with Gasteiger partial charge in [0.25, 0.3) is 0 Å². The second-order valence-electron chi connectivity index (χ2n) is 5.92. The van der Waals surface area contributed by atoms with Crippen molar-refractivity contribution in [1.82, 2.24) is 14.5 Å². The van der Waals surface area contributed by atoms with Crippen molar-refractivity contribution < 1.29 is 21.9 Å². The SMILES string of the molecule is O=S(=O)(c1ccccc1OC(F)F)N1CCC(N2CCNCC2)C1. The molecule has 1 aromatic rings. The first-order valence-electron chi connectivity index (χ1n) is 7.97. The molecule has 2 saturated heterocycles. The van der Waals surface area contributed by atoms with Crippen LogP contribution < -0.4 is 10.1 Å². The molecule has 0 saturated carbocycles. The Morgan fingerprint density at radius 2 is 1.88 bits per heavy atom. The largest absolute Gasteiger partial charge is 0.433 e. The number of nitrogens with one attached hydrogen (secondary N) is 1. The molecule has 134 valence electrons. The highest BCUT2D eigenvalue weighted by atomic mass is 32.2. The number of benzene rings is 1. The fourth-order valence-electron chi connectivity index (χ4n) is 3.27. The second kappa shape index (κ2) is 7.30. The molecule has 1 unspecified atom stereocenters. The molecule has 0 bridgehead atoms. The Morgan fingerprint density at radius 1 is 1.17 bits per heavy atom. The summed E-state index contributed by atoms with van der Waals surface area (Å²) in [6.07, 6.45) is 0.747. The van der Waals surface area contributed by atoms with E-state index >= 15 is 0 Å². The molecule has 0 aromatic heterocycles. The van der Waals surface area contributed by atoms with Gasteiger partial charge in [0.2, 0.25) is 10.0 Å². The predicted molar refractivity (Wildman–Crippen MR) is 84.7 cm³/mol. The van der Waals surface area contributed by atoms with Gasteiger partial charge >= 0.3 is 6.61 Å². The minimum atomic E-state index is -3.85. The van der Waals surface area contributed by atoms with E-state index in [-0.39, 0.29) is 16.7 Å². The number of rotatable bonds is 5. The molecule has 1 atom stereocenters. The van der Waals surface area contributed by atoms with Crippen LogP contribution in [0.5, 0.6) is 5.75 Å². The number of ether oxygens (including phenoxy) is 1. The molecule has 6 nitrogen and oxygen atoms in total. The van der Waals surface area contributed by atoms with Crippen LogP contribution in [-0.2, 0) is 10.0 Å². The first kappa shape index (κ1) is 17.5. The number of para-hydroxylation sites is 1. The first-order chi connectivity index (χ1) is 11.5. The zero-order chi connectivity index (χ0) is 17.2. The van der Waals surface area contributed by atoms with Crippen molar-refractivity contribution in [2.45, 2.75) is 24.0 Å². The van der Waals surface area contributed by atoms with E-state index < -0.39 is 16.6 Å². The van der Waals surface area contributed by atoms with Crippen LogP contribution in [0.1, 0.15) is 6.42 Å². The van der Waals surface area contributed by atoms with Gasteiger partial charge in [0.15, 0.2) is 0 Å². The molecule has 0 aliphatic carbocycles. The van der Waals surface area contributed by atoms with Gasteiger partial charge in [0.05, 0.1) is 0 Å². The number of hydrogen-bond donors (Lipinski definition) is 1. The monoisotopic (exact) mass is 361 g/mol. The summed E-state index contributed by atoms with van der Waals surface area (Å²) < 4.78 is 56.5. The third kappa shape index (κ3) is 3.69. The Labute approximate surface area is 140 Å². The summed E-state index contributed by atoms with van der Waals surface area (Å²) in [4.78, 5) is 2.08. The van der Waals surface area contributed by atoms with Crippen LogP contribution >= 0.6 is 0 Å². The van der Waals surface area contributed by atoms with Gasteiger partial charge in [-0.2, -0.15) is 13.1 Å². The van der Waals surface area contributed by atoms with E-state index in [1.807, 2.05) is 0 Å². The second-order valence-corrected chi connectivity index (χ2v) is 7.82. The fraction of sp³-hybridized carbons (Fsp3) is 0.600. The quantitative estimate of drug-likeness (QED) is 0.846. The molecular weight excluding hydrogens is 340 g/mol. The Balaban J connectivity index is 1.77. The van der Waals surface area contributed by atoms with Crippen molar-refractivity contribution in [2.24, 2.45) is 0 Å². The lowest BCUT2D eigenvalue weighted by atomic mass is 10.2. The highest BCUT2D eigenvalue weighted by Crippen LogP contribution is 2.30. The molecule has 2 aliphatic heterocycles. The lowest BCUT2D eigenvalue weighted by Gasteiger charge is -2.32. The van der Waals surface area contributed by atoms with Crippen LogP contribution in [0.2, 0.25) is 0 Å². The summed E-state index contributed by atoms with van der Waals surface area (Å²) in [5.74, 6) is -0.307. The zero-order valence-electron chi connectivity index (χ0n) is 13.2. The average Bonchev–Trinajstić information content (AvgIpc) is 3.06. The lowest BCUT2D eigenvalue weighted by Crippen LogP contribution is -2.49. The molecule has 1 N–H and O–H groups in total. The minimum Gasteiger partial charge on any atom is -0.433 e. The van der Waals surface area contributed by atoms with Gasteiger partial charge in [-0.25, -0.2) is 8.42 Å². The zero-order valence-corrected chi connectivity index (χ0v) is 14.0. The summed E-state index contributed by atoms with van der Waals surface area (Å²) in [6.45, 7) is 1.29. The van der Waals surface area contributed by atoms with Gasteiger partial charge in [-0.1, -0.05) is 12.1 Å². The van der Waals surface area contributed by atoms with E-state index in [0.717, 1.165) is 32.6 Å². The van der Waals surface area contributed by atoms with E-state index in [1.165, 1.54) is 28.6 Å². The van der Waals surface area contributed by atoms with E-state index in [0.29, 0.717) is 13.1 Å². The summed E-state index contributed by atoms with van der Waals surface area (Å²) in [5, 5.41) is 3.27. The molecule has 24 heavy (non-hydrogen) atoms. The van der Waals surface area contributed by atoms with Crippen LogP contribution in [0.4, 0.5) is 8.78 Å². The molecule has 0 amide bonds. The smallest absolute Gasteiger partial charge is 0.387 e. The van der Waals surface area contributed by atoms with Gasteiger partial charge in [0, 0.05) is 45.3 Å². The molecule has 0 spiro atoms. The maximum absolute atomic E-state index is 12.8. The van der Waals surface area contributed by atoms with E-state index in [9.17, 15) is 17.2 Å². The molecule has 2 aliphatic rings. The molecule has 3 rings (SSSR count). The van der Waals surface area contributed by atoms with E-state index in [4.69, 9.17) is 0 Å². The van der Waals surface area contributed by atoms with Crippen molar-refractivity contribution in [1.29, 1.82) is 0 Å². The standard InChI is InChI=1S/C15H21F2N3O3S/c16-15(17)23-13-3-1-2-4-14(13)24(21,22)20-8-5-12(11-20)19-9-6-18-7-10-19/h1-4,12,15,18H,5-11H2. The van der Waals surface area contributed by atoms with Gasteiger partial charge < -0.3 is 10.1 Å². The number of piperazine rings is 1. The highest BCUT2D eigenvalue weighted by molar-refractivity contribution is 7.89. The van der Waals surface area contributed by atoms with E-state index in [1.54, 1.807) is 0 Å². The Bertz CT molecular complexity index is 666. The third-order valence-electron chi connectivity index (χ3n) is 4.48. The third-order valence-corrected chi connectivity index (χ3v) is 6.38. The number of alkyl halides is 2. The van der Waals surface area contributed by atoms with Crippen LogP contribution in [-0.4, -0.2) is 69.5 Å². The molecule has 2 heterocycles. The van der Waals surface area contributed by atoms with Crippen LogP contribution in [0, 0.1) is 0 Å². The highest BCUT2D eigenvalue weighted by Gasteiger charge is 2.37. The first-order valence-corrected chi connectivity index (χ1v) is 9.41. The maximum atomic E-state index is 12.8. The Morgan fingerprint density at radius 3 is 2.58 bits per heavy atom. The van der Waals surface area contributed by atoms with Crippen molar-refractivity contribution in [3.63, 3.8) is 0 Å². The summed E-state index contributed by atoms with van der Waals surface area (Å²) >= 11 is 0. The predicted octanol–water partition coefficient (Wildman–Crippen LogP) is 0.956. The van der Waals surface area contributed by atoms with Crippen LogP contribution in [0.25, 0.3) is 0 Å². The molecule has 0 radical (unpaired) electrons. The van der Waals surface area contributed by atoms with Crippen molar-refractivity contribution in [3.05, 3.63) is 24.3 Å². The summed E-state index contributed by atoms with van der Waals surface area (Å²) in [7, 11) is -3.85. The summed E-state index contributed by atoms with van der Waals surface area (Å²) in [6, 6.07) is 5.72. The molecule has 9 heteroatoms. The topological polar surface area (TPSA) is 61.9 Å². The van der Waals surface area contributed by atoms with Gasteiger partial charge in [0.1, 0.15) is 10.6 Å². The number of hydrogen-bond acceptors (Lipinski definition) is 5. The fourth-order valence-corrected chi connectivity index (χ4v) is 4.88. The van der Waals surface area contributed by atoms with Crippen molar-refractivity contribution in [2.75, 3.05) is 39.3 Å². The van der Waals surface area contributed by atoms with Crippen LogP contribution in [0.3, 0.4) is 0 Å². The van der Waals surface area contributed by atoms with E-state index in [2.05, 4.69) is 15.0 Å².